The number of carboxylic acid groups (broad SMARTS) is 1. The van der Waals surface area contributed by atoms with E-state index in [0.717, 1.165) is 15.4 Å². The summed E-state index contributed by atoms with van der Waals surface area (Å²) in [5.74, 6) is -1.94. The standard InChI is InChI=1S/C29H27N3O6S/c1-17(2)26(29(34)35)32(4)39(36,37)23-14-10-20(11-15-23)19-8-12-22(13-9-19)31-28(33)27-18(3)25-21(16-30)6-5-7-24(25)38-27/h5-15,17,26H,1-4H3,(H,31,33)(H,34,35). The van der Waals surface area contributed by atoms with E-state index >= 15 is 0 Å². The van der Waals surface area contributed by atoms with Gasteiger partial charge in [-0.25, -0.2) is 8.42 Å². The molecule has 0 saturated carbocycles. The first-order valence-electron chi connectivity index (χ1n) is 12.1. The van der Waals surface area contributed by atoms with E-state index in [-0.39, 0.29) is 10.7 Å². The molecule has 200 valence electrons. The van der Waals surface area contributed by atoms with Gasteiger partial charge < -0.3 is 14.8 Å². The van der Waals surface area contributed by atoms with Crippen molar-refractivity contribution in [3.05, 3.63) is 83.6 Å². The third-order valence-electron chi connectivity index (χ3n) is 6.56. The molecule has 0 radical (unpaired) electrons. The summed E-state index contributed by atoms with van der Waals surface area (Å²) in [5.41, 5.74) is 3.54. The maximum absolute atomic E-state index is 13.0. The summed E-state index contributed by atoms with van der Waals surface area (Å²) in [4.78, 5) is 24.5. The lowest BCUT2D eigenvalue weighted by Crippen LogP contribution is -2.45. The number of nitriles is 1. The molecule has 4 aromatic rings. The topological polar surface area (TPSA) is 141 Å². The molecule has 2 N–H and O–H groups in total. The van der Waals surface area contributed by atoms with Crippen LogP contribution in [0.15, 0.2) is 76.0 Å². The van der Waals surface area contributed by atoms with Crippen molar-refractivity contribution in [2.45, 2.75) is 31.7 Å². The van der Waals surface area contributed by atoms with Gasteiger partial charge in [0, 0.05) is 23.7 Å². The number of rotatable bonds is 8. The third-order valence-corrected chi connectivity index (χ3v) is 8.42. The molecule has 9 nitrogen and oxygen atoms in total. The Labute approximate surface area is 226 Å². The molecule has 0 aliphatic rings. The number of amides is 1. The first kappa shape index (κ1) is 27.6. The van der Waals surface area contributed by atoms with Gasteiger partial charge in [-0.1, -0.05) is 44.2 Å². The van der Waals surface area contributed by atoms with Crippen molar-refractivity contribution in [3.63, 3.8) is 0 Å². The van der Waals surface area contributed by atoms with Crippen molar-refractivity contribution in [2.24, 2.45) is 5.92 Å². The van der Waals surface area contributed by atoms with Crippen LogP contribution >= 0.6 is 0 Å². The molecule has 1 unspecified atom stereocenters. The number of hydrogen-bond donors (Lipinski definition) is 2. The number of benzene rings is 3. The Balaban J connectivity index is 1.51. The molecule has 0 fully saturated rings. The average Bonchev–Trinajstić information content (AvgIpc) is 3.25. The van der Waals surface area contributed by atoms with Gasteiger partial charge in [0.2, 0.25) is 10.0 Å². The summed E-state index contributed by atoms with van der Waals surface area (Å²) in [6.07, 6.45) is 0. The van der Waals surface area contributed by atoms with Gasteiger partial charge in [0.15, 0.2) is 5.76 Å². The van der Waals surface area contributed by atoms with E-state index in [9.17, 15) is 28.4 Å². The molecule has 39 heavy (non-hydrogen) atoms. The zero-order valence-electron chi connectivity index (χ0n) is 21.8. The van der Waals surface area contributed by atoms with Crippen LogP contribution in [-0.2, 0) is 14.8 Å². The zero-order valence-corrected chi connectivity index (χ0v) is 22.6. The molecular weight excluding hydrogens is 518 g/mol. The molecule has 4 rings (SSSR count). The number of likely N-dealkylation sites (N-methyl/N-ethyl adjacent to an activating group) is 1. The maximum atomic E-state index is 13.0. The van der Waals surface area contributed by atoms with Gasteiger partial charge in [0.1, 0.15) is 11.6 Å². The SMILES string of the molecule is Cc1c(C(=O)Nc2ccc(-c3ccc(S(=O)(=O)N(C)C(C(=O)O)C(C)C)cc3)cc2)oc2cccc(C#N)c12. The number of fused-ring (bicyclic) bond motifs is 1. The van der Waals surface area contributed by atoms with Gasteiger partial charge in [-0.05, 0) is 60.4 Å². The molecule has 10 heteroatoms. The van der Waals surface area contributed by atoms with E-state index in [1.54, 1.807) is 75.4 Å². The van der Waals surface area contributed by atoms with Crippen molar-refractivity contribution >= 4 is 38.6 Å². The summed E-state index contributed by atoms with van der Waals surface area (Å²) < 4.78 is 32.6. The Kier molecular flexibility index (Phi) is 7.58. The predicted octanol–water partition coefficient (Wildman–Crippen LogP) is 5.26. The number of aliphatic carboxylic acids is 1. The second kappa shape index (κ2) is 10.7. The number of carboxylic acids is 1. The fourth-order valence-corrected chi connectivity index (χ4v) is 5.99. The van der Waals surface area contributed by atoms with E-state index < -0.39 is 33.9 Å². The number of carbonyl (C=O) groups excluding carboxylic acids is 1. The van der Waals surface area contributed by atoms with Gasteiger partial charge in [-0.2, -0.15) is 9.57 Å². The lowest BCUT2D eigenvalue weighted by Gasteiger charge is -2.27. The first-order chi connectivity index (χ1) is 18.4. The molecular formula is C29H27N3O6S. The van der Waals surface area contributed by atoms with Crippen molar-refractivity contribution in [3.8, 4) is 17.2 Å². The molecule has 1 atom stereocenters. The highest BCUT2D eigenvalue weighted by molar-refractivity contribution is 7.89. The van der Waals surface area contributed by atoms with E-state index in [2.05, 4.69) is 11.4 Å². The van der Waals surface area contributed by atoms with Crippen LogP contribution in [0.5, 0.6) is 0 Å². The Morgan fingerprint density at radius 3 is 2.13 bits per heavy atom. The van der Waals surface area contributed by atoms with E-state index in [4.69, 9.17) is 4.42 Å². The first-order valence-corrected chi connectivity index (χ1v) is 13.5. The Morgan fingerprint density at radius 1 is 1.00 bits per heavy atom. The van der Waals surface area contributed by atoms with Gasteiger partial charge in [-0.3, -0.25) is 9.59 Å². The summed E-state index contributed by atoms with van der Waals surface area (Å²) >= 11 is 0. The van der Waals surface area contributed by atoms with Crippen LogP contribution in [0.1, 0.15) is 35.5 Å². The highest BCUT2D eigenvalue weighted by Crippen LogP contribution is 2.30. The van der Waals surface area contributed by atoms with Crippen molar-refractivity contribution < 1.29 is 27.5 Å². The van der Waals surface area contributed by atoms with Crippen LogP contribution in [0.25, 0.3) is 22.1 Å². The second-order valence-electron chi connectivity index (χ2n) is 9.45. The number of aryl methyl sites for hydroxylation is 1. The lowest BCUT2D eigenvalue weighted by molar-refractivity contribution is -0.142. The number of nitrogens with zero attached hydrogens (tertiary/aromatic N) is 2. The molecule has 1 aromatic heterocycles. The smallest absolute Gasteiger partial charge is 0.322 e. The molecule has 3 aromatic carbocycles. The van der Waals surface area contributed by atoms with Crippen molar-refractivity contribution in [2.75, 3.05) is 12.4 Å². The third kappa shape index (κ3) is 5.27. The van der Waals surface area contributed by atoms with Gasteiger partial charge >= 0.3 is 5.97 Å². The minimum absolute atomic E-state index is 0.00899. The van der Waals surface area contributed by atoms with Crippen molar-refractivity contribution in [1.82, 2.24) is 4.31 Å². The molecule has 0 aliphatic carbocycles. The lowest BCUT2D eigenvalue weighted by atomic mass is 10.1. The number of furan rings is 1. The second-order valence-corrected chi connectivity index (χ2v) is 11.4. The summed E-state index contributed by atoms with van der Waals surface area (Å²) in [7, 11) is -2.75. The summed E-state index contributed by atoms with van der Waals surface area (Å²) in [6.45, 7) is 5.04. The Bertz CT molecular complexity index is 1700. The molecule has 0 saturated heterocycles. The average molecular weight is 546 g/mol. The minimum atomic E-state index is -4.01. The van der Waals surface area contributed by atoms with Crippen LogP contribution in [-0.4, -0.2) is 42.8 Å². The van der Waals surface area contributed by atoms with Crippen LogP contribution in [0.2, 0.25) is 0 Å². The fraction of sp³-hybridized carbons (Fsp3) is 0.207. The van der Waals surface area contributed by atoms with E-state index in [1.807, 2.05) is 0 Å². The molecule has 0 spiro atoms. The van der Waals surface area contributed by atoms with Crippen LogP contribution in [0.3, 0.4) is 0 Å². The largest absolute Gasteiger partial charge is 0.480 e. The zero-order chi connectivity index (χ0) is 28.5. The molecule has 0 aliphatic heterocycles. The predicted molar refractivity (Wildman–Crippen MR) is 147 cm³/mol. The Morgan fingerprint density at radius 2 is 1.59 bits per heavy atom. The van der Waals surface area contributed by atoms with E-state index in [0.29, 0.717) is 27.8 Å². The summed E-state index contributed by atoms with van der Waals surface area (Å²) in [5, 5.41) is 22.2. The molecule has 1 heterocycles. The van der Waals surface area contributed by atoms with Crippen LogP contribution in [0.4, 0.5) is 5.69 Å². The van der Waals surface area contributed by atoms with E-state index in [1.165, 1.54) is 19.2 Å². The number of hydrogen-bond acceptors (Lipinski definition) is 6. The minimum Gasteiger partial charge on any atom is -0.480 e. The van der Waals surface area contributed by atoms with Gasteiger partial charge in [0.05, 0.1) is 16.5 Å². The Hall–Kier alpha value is -4.46. The summed E-state index contributed by atoms with van der Waals surface area (Å²) in [6, 6.07) is 19.2. The number of carbonyl (C=O) groups is 2. The number of nitrogens with one attached hydrogen (secondary N) is 1. The number of sulfonamides is 1. The highest BCUT2D eigenvalue weighted by atomic mass is 32.2. The fourth-order valence-electron chi connectivity index (χ4n) is 4.54. The highest BCUT2D eigenvalue weighted by Gasteiger charge is 2.35. The van der Waals surface area contributed by atoms with Crippen LogP contribution in [0, 0.1) is 24.2 Å². The monoisotopic (exact) mass is 545 g/mol. The van der Waals surface area contributed by atoms with Crippen LogP contribution < -0.4 is 5.32 Å². The molecule has 0 bridgehead atoms. The van der Waals surface area contributed by atoms with Crippen molar-refractivity contribution in [1.29, 1.82) is 5.26 Å². The maximum Gasteiger partial charge on any atom is 0.322 e. The molecule has 1 amide bonds. The normalized spacial score (nSPS) is 12.4. The quantitative estimate of drug-likeness (QED) is 0.308. The number of anilines is 1. The van der Waals surface area contributed by atoms with Gasteiger partial charge in [-0.15, -0.1) is 0 Å². The van der Waals surface area contributed by atoms with Gasteiger partial charge in [0.25, 0.3) is 5.91 Å².